The Balaban J connectivity index is 2.70. The van der Waals surface area contributed by atoms with Crippen LogP contribution in [0.15, 0.2) is 0 Å². The second-order valence-corrected chi connectivity index (χ2v) is 5.30. The van der Waals surface area contributed by atoms with E-state index in [9.17, 15) is 0 Å². The molecule has 0 spiro atoms. The van der Waals surface area contributed by atoms with E-state index in [1.165, 1.54) is 15.6 Å². The van der Waals surface area contributed by atoms with Crippen LogP contribution in [-0.2, 0) is 12.8 Å². The average Bonchev–Trinajstić information content (AvgIpc) is 2.31. The SMILES string of the molecule is Cc1nc(CC(C)C)sc1CCS. The molecule has 0 aromatic carbocycles. The molecule has 0 fully saturated rings. The average molecular weight is 215 g/mol. The largest absolute Gasteiger partial charge is 0.246 e. The van der Waals surface area contributed by atoms with Crippen LogP contribution in [0.2, 0.25) is 0 Å². The molecule has 1 nitrogen and oxygen atoms in total. The third-order valence-electron chi connectivity index (χ3n) is 1.86. The monoisotopic (exact) mass is 215 g/mol. The third-order valence-corrected chi connectivity index (χ3v) is 3.32. The Morgan fingerprint density at radius 2 is 2.15 bits per heavy atom. The van der Waals surface area contributed by atoms with Gasteiger partial charge in [0.05, 0.1) is 10.7 Å². The van der Waals surface area contributed by atoms with E-state index in [0.29, 0.717) is 5.92 Å². The van der Waals surface area contributed by atoms with Gasteiger partial charge in [-0.05, 0) is 25.0 Å². The summed E-state index contributed by atoms with van der Waals surface area (Å²) in [5.41, 5.74) is 1.20. The van der Waals surface area contributed by atoms with Gasteiger partial charge in [0, 0.05) is 11.3 Å². The maximum Gasteiger partial charge on any atom is 0.0933 e. The molecule has 13 heavy (non-hydrogen) atoms. The van der Waals surface area contributed by atoms with Crippen LogP contribution in [0.4, 0.5) is 0 Å². The molecule has 0 aliphatic rings. The number of thiol groups is 1. The van der Waals surface area contributed by atoms with Gasteiger partial charge in [0.15, 0.2) is 0 Å². The fourth-order valence-electron chi connectivity index (χ4n) is 1.26. The molecule has 74 valence electrons. The van der Waals surface area contributed by atoms with Crippen molar-refractivity contribution in [2.45, 2.75) is 33.6 Å². The van der Waals surface area contributed by atoms with Crippen LogP contribution in [0.3, 0.4) is 0 Å². The van der Waals surface area contributed by atoms with Gasteiger partial charge in [-0.15, -0.1) is 11.3 Å². The maximum atomic E-state index is 4.55. The van der Waals surface area contributed by atoms with E-state index in [2.05, 4.69) is 38.4 Å². The number of hydrogen-bond acceptors (Lipinski definition) is 3. The van der Waals surface area contributed by atoms with Gasteiger partial charge in [-0.2, -0.15) is 12.6 Å². The highest BCUT2D eigenvalue weighted by atomic mass is 32.1. The van der Waals surface area contributed by atoms with Gasteiger partial charge in [0.2, 0.25) is 0 Å². The summed E-state index contributed by atoms with van der Waals surface area (Å²) in [7, 11) is 0. The van der Waals surface area contributed by atoms with E-state index >= 15 is 0 Å². The Morgan fingerprint density at radius 1 is 1.46 bits per heavy atom. The first-order valence-corrected chi connectivity index (χ1v) is 6.14. The molecule has 1 aromatic rings. The van der Waals surface area contributed by atoms with Crippen molar-refractivity contribution in [3.8, 4) is 0 Å². The number of aryl methyl sites for hydroxylation is 2. The van der Waals surface area contributed by atoms with Crippen LogP contribution in [0.1, 0.15) is 29.4 Å². The zero-order valence-electron chi connectivity index (χ0n) is 8.50. The predicted octanol–water partition coefficient (Wildman–Crippen LogP) is 3.12. The topological polar surface area (TPSA) is 12.9 Å². The van der Waals surface area contributed by atoms with E-state index in [4.69, 9.17) is 0 Å². The molecule has 1 rings (SSSR count). The van der Waals surface area contributed by atoms with Crippen molar-refractivity contribution in [2.24, 2.45) is 5.92 Å². The van der Waals surface area contributed by atoms with Gasteiger partial charge < -0.3 is 0 Å². The van der Waals surface area contributed by atoms with Crippen LogP contribution >= 0.6 is 24.0 Å². The van der Waals surface area contributed by atoms with Crippen LogP contribution in [0.25, 0.3) is 0 Å². The first-order valence-electron chi connectivity index (χ1n) is 4.69. The smallest absolute Gasteiger partial charge is 0.0933 e. The molecular weight excluding hydrogens is 198 g/mol. The van der Waals surface area contributed by atoms with Crippen LogP contribution < -0.4 is 0 Å². The fourth-order valence-corrected chi connectivity index (χ4v) is 2.91. The molecule has 0 unspecified atom stereocenters. The molecule has 0 bridgehead atoms. The fraction of sp³-hybridized carbons (Fsp3) is 0.700. The Kier molecular flexibility index (Phi) is 4.26. The highest BCUT2D eigenvalue weighted by Gasteiger charge is 2.07. The Hall–Kier alpha value is -0.0200. The summed E-state index contributed by atoms with van der Waals surface area (Å²) in [6, 6.07) is 0. The summed E-state index contributed by atoms with van der Waals surface area (Å²) >= 11 is 6.09. The number of rotatable bonds is 4. The van der Waals surface area contributed by atoms with Crippen molar-refractivity contribution in [3.05, 3.63) is 15.6 Å². The van der Waals surface area contributed by atoms with Gasteiger partial charge in [-0.3, -0.25) is 0 Å². The van der Waals surface area contributed by atoms with Gasteiger partial charge in [0.25, 0.3) is 0 Å². The highest BCUT2D eigenvalue weighted by molar-refractivity contribution is 7.80. The van der Waals surface area contributed by atoms with Gasteiger partial charge in [-0.1, -0.05) is 13.8 Å². The minimum atomic E-state index is 0.703. The summed E-state index contributed by atoms with van der Waals surface area (Å²) in [6.45, 7) is 6.56. The lowest BCUT2D eigenvalue weighted by atomic mass is 10.1. The first kappa shape index (κ1) is 11.1. The zero-order chi connectivity index (χ0) is 9.84. The van der Waals surface area contributed by atoms with Crippen molar-refractivity contribution in [2.75, 3.05) is 5.75 Å². The highest BCUT2D eigenvalue weighted by Crippen LogP contribution is 2.21. The van der Waals surface area contributed by atoms with Crippen molar-refractivity contribution in [3.63, 3.8) is 0 Å². The van der Waals surface area contributed by atoms with E-state index in [0.717, 1.165) is 18.6 Å². The van der Waals surface area contributed by atoms with Crippen LogP contribution in [-0.4, -0.2) is 10.7 Å². The minimum Gasteiger partial charge on any atom is -0.246 e. The van der Waals surface area contributed by atoms with E-state index in [-0.39, 0.29) is 0 Å². The summed E-state index contributed by atoms with van der Waals surface area (Å²) in [5.74, 6) is 1.62. The Bertz CT molecular complexity index is 266. The maximum absolute atomic E-state index is 4.55. The first-order chi connectivity index (χ1) is 6.13. The van der Waals surface area contributed by atoms with Crippen molar-refractivity contribution in [1.29, 1.82) is 0 Å². The summed E-state index contributed by atoms with van der Waals surface area (Å²) in [4.78, 5) is 5.96. The summed E-state index contributed by atoms with van der Waals surface area (Å²) in [5, 5.41) is 1.28. The molecule has 0 saturated heterocycles. The predicted molar refractivity (Wildman–Crippen MR) is 63.0 cm³/mol. The Morgan fingerprint density at radius 3 is 2.69 bits per heavy atom. The standard InChI is InChI=1S/C10H17NS2/c1-7(2)6-10-11-8(3)9(13-10)4-5-12/h7,12H,4-6H2,1-3H3. The number of thiazole rings is 1. The van der Waals surface area contributed by atoms with Crippen molar-refractivity contribution < 1.29 is 0 Å². The lowest BCUT2D eigenvalue weighted by molar-refractivity contribution is 0.643. The number of hydrogen-bond donors (Lipinski definition) is 1. The van der Waals surface area contributed by atoms with Gasteiger partial charge in [-0.25, -0.2) is 4.98 Å². The molecule has 0 radical (unpaired) electrons. The van der Waals surface area contributed by atoms with E-state index in [1.807, 2.05) is 11.3 Å². The molecule has 0 amide bonds. The van der Waals surface area contributed by atoms with E-state index < -0.39 is 0 Å². The lowest BCUT2D eigenvalue weighted by Crippen LogP contribution is -1.92. The van der Waals surface area contributed by atoms with Gasteiger partial charge >= 0.3 is 0 Å². The molecule has 1 heterocycles. The summed E-state index contributed by atoms with van der Waals surface area (Å²) < 4.78 is 0. The molecule has 3 heteroatoms. The molecule has 0 aliphatic heterocycles. The molecule has 0 N–H and O–H groups in total. The summed E-state index contributed by atoms with van der Waals surface area (Å²) in [6.07, 6.45) is 2.17. The zero-order valence-corrected chi connectivity index (χ0v) is 10.2. The quantitative estimate of drug-likeness (QED) is 0.761. The Labute approximate surface area is 90.0 Å². The number of nitrogens with zero attached hydrogens (tertiary/aromatic N) is 1. The van der Waals surface area contributed by atoms with Crippen LogP contribution in [0, 0.1) is 12.8 Å². The van der Waals surface area contributed by atoms with Crippen LogP contribution in [0.5, 0.6) is 0 Å². The molecule has 0 saturated carbocycles. The lowest BCUT2D eigenvalue weighted by Gasteiger charge is -1.98. The molecule has 1 aromatic heterocycles. The van der Waals surface area contributed by atoms with E-state index in [1.54, 1.807) is 0 Å². The van der Waals surface area contributed by atoms with Gasteiger partial charge in [0.1, 0.15) is 0 Å². The minimum absolute atomic E-state index is 0.703. The number of aromatic nitrogens is 1. The second-order valence-electron chi connectivity index (χ2n) is 3.69. The normalized spacial score (nSPS) is 11.2. The van der Waals surface area contributed by atoms with Crippen molar-refractivity contribution in [1.82, 2.24) is 4.98 Å². The molecule has 0 atom stereocenters. The molecule has 0 aliphatic carbocycles. The van der Waals surface area contributed by atoms with Crippen molar-refractivity contribution >= 4 is 24.0 Å². The second kappa shape index (κ2) is 5.01. The molecular formula is C10H17NS2. The third kappa shape index (κ3) is 3.31.